The van der Waals surface area contributed by atoms with E-state index in [4.69, 9.17) is 17.3 Å². The van der Waals surface area contributed by atoms with Gasteiger partial charge in [0, 0.05) is 28.9 Å². The molecule has 0 aliphatic rings. The number of nitrogens with one attached hydrogen (secondary N) is 1. The van der Waals surface area contributed by atoms with Crippen LogP contribution in [0.4, 0.5) is 17.2 Å². The minimum atomic E-state index is 0.492. The summed E-state index contributed by atoms with van der Waals surface area (Å²) in [4.78, 5) is 8.30. The Kier molecular flexibility index (Phi) is 2.93. The largest absolute Gasteiger partial charge is 0.397 e. The van der Waals surface area contributed by atoms with Crippen molar-refractivity contribution in [3.05, 3.63) is 53.9 Å². The number of rotatable bonds is 2. The van der Waals surface area contributed by atoms with Crippen molar-refractivity contribution in [2.75, 3.05) is 11.1 Å². The van der Waals surface area contributed by atoms with E-state index >= 15 is 0 Å². The van der Waals surface area contributed by atoms with Crippen LogP contribution >= 0.6 is 11.6 Å². The molecule has 4 nitrogen and oxygen atoms in total. The summed E-state index contributed by atoms with van der Waals surface area (Å²) in [6.45, 7) is 0. The highest BCUT2D eigenvalue weighted by Gasteiger charge is 2.05. The average molecular weight is 271 g/mol. The monoisotopic (exact) mass is 270 g/mol. The van der Waals surface area contributed by atoms with Gasteiger partial charge in [-0.25, -0.2) is 4.98 Å². The van der Waals surface area contributed by atoms with Crippen molar-refractivity contribution in [2.45, 2.75) is 0 Å². The van der Waals surface area contributed by atoms with Crippen LogP contribution in [0.1, 0.15) is 0 Å². The minimum Gasteiger partial charge on any atom is -0.397 e. The summed E-state index contributed by atoms with van der Waals surface area (Å²) in [6, 6.07) is 9.55. The van der Waals surface area contributed by atoms with Crippen LogP contribution in [0.2, 0.25) is 5.02 Å². The first-order valence-corrected chi connectivity index (χ1v) is 6.12. The molecule has 0 fully saturated rings. The number of benzene rings is 1. The summed E-state index contributed by atoms with van der Waals surface area (Å²) in [5.74, 6) is 0.583. The van der Waals surface area contributed by atoms with E-state index in [0.717, 1.165) is 16.5 Å². The van der Waals surface area contributed by atoms with E-state index in [1.165, 1.54) is 0 Å². The van der Waals surface area contributed by atoms with Crippen molar-refractivity contribution >= 4 is 39.6 Å². The number of halogens is 1. The van der Waals surface area contributed by atoms with E-state index < -0.39 is 0 Å². The molecule has 0 aliphatic heterocycles. The number of hydrogen-bond acceptors (Lipinski definition) is 4. The van der Waals surface area contributed by atoms with E-state index in [-0.39, 0.29) is 0 Å². The molecule has 94 valence electrons. The Morgan fingerprint density at radius 3 is 2.89 bits per heavy atom. The van der Waals surface area contributed by atoms with E-state index in [1.54, 1.807) is 18.5 Å². The van der Waals surface area contributed by atoms with Crippen molar-refractivity contribution in [2.24, 2.45) is 0 Å². The van der Waals surface area contributed by atoms with Crippen LogP contribution < -0.4 is 11.1 Å². The van der Waals surface area contributed by atoms with E-state index in [9.17, 15) is 0 Å². The fourth-order valence-electron chi connectivity index (χ4n) is 1.90. The van der Waals surface area contributed by atoms with Gasteiger partial charge in [0.2, 0.25) is 0 Å². The molecule has 2 aromatic heterocycles. The Morgan fingerprint density at radius 1 is 1.16 bits per heavy atom. The SMILES string of the molecule is Nc1cnc(Nc2cccc3cnccc23)c(Cl)c1. The Bertz CT molecular complexity index is 737. The second kappa shape index (κ2) is 4.74. The first-order chi connectivity index (χ1) is 9.24. The molecule has 19 heavy (non-hydrogen) atoms. The highest BCUT2D eigenvalue weighted by molar-refractivity contribution is 6.33. The summed E-state index contributed by atoms with van der Waals surface area (Å²) < 4.78 is 0. The third-order valence-electron chi connectivity index (χ3n) is 2.80. The van der Waals surface area contributed by atoms with Crippen molar-refractivity contribution in [3.63, 3.8) is 0 Å². The van der Waals surface area contributed by atoms with Gasteiger partial charge >= 0.3 is 0 Å². The van der Waals surface area contributed by atoms with Crippen LogP contribution in [0.5, 0.6) is 0 Å². The minimum absolute atomic E-state index is 0.492. The highest BCUT2D eigenvalue weighted by atomic mass is 35.5. The van der Waals surface area contributed by atoms with Crippen molar-refractivity contribution in [1.82, 2.24) is 9.97 Å². The van der Waals surface area contributed by atoms with E-state index in [1.807, 2.05) is 30.5 Å². The molecule has 1 aromatic carbocycles. The Hall–Kier alpha value is -2.33. The van der Waals surface area contributed by atoms with Gasteiger partial charge in [0.15, 0.2) is 0 Å². The second-order valence-electron chi connectivity index (χ2n) is 4.13. The standard InChI is InChI=1S/C14H11ClN4/c15-12-6-10(16)8-18-14(12)19-13-3-1-2-9-7-17-5-4-11(9)13/h1-8H,16H2,(H,18,19). The van der Waals surface area contributed by atoms with Gasteiger partial charge in [-0.2, -0.15) is 0 Å². The maximum Gasteiger partial charge on any atom is 0.149 e. The van der Waals surface area contributed by atoms with Gasteiger partial charge < -0.3 is 11.1 Å². The number of nitrogens with zero attached hydrogens (tertiary/aromatic N) is 2. The van der Waals surface area contributed by atoms with Crippen molar-refractivity contribution in [3.8, 4) is 0 Å². The zero-order valence-electron chi connectivity index (χ0n) is 9.97. The molecular weight excluding hydrogens is 260 g/mol. The number of nitrogen functional groups attached to an aromatic ring is 1. The van der Waals surface area contributed by atoms with Crippen molar-refractivity contribution < 1.29 is 0 Å². The molecule has 0 unspecified atom stereocenters. The zero-order chi connectivity index (χ0) is 13.2. The summed E-state index contributed by atoms with van der Waals surface area (Å²) in [7, 11) is 0. The third-order valence-corrected chi connectivity index (χ3v) is 3.08. The molecule has 3 aromatic rings. The van der Waals surface area contributed by atoms with Crippen LogP contribution in [0.15, 0.2) is 48.9 Å². The molecular formula is C14H11ClN4. The molecule has 0 aliphatic carbocycles. The summed E-state index contributed by atoms with van der Waals surface area (Å²) in [5.41, 5.74) is 7.10. The van der Waals surface area contributed by atoms with Crippen LogP contribution in [0, 0.1) is 0 Å². The predicted octanol–water partition coefficient (Wildman–Crippen LogP) is 3.61. The van der Waals surface area contributed by atoms with Gasteiger partial charge in [-0.3, -0.25) is 4.98 Å². The zero-order valence-corrected chi connectivity index (χ0v) is 10.7. The molecule has 3 N–H and O–H groups in total. The number of fused-ring (bicyclic) bond motifs is 1. The quantitative estimate of drug-likeness (QED) is 0.747. The maximum atomic E-state index is 6.11. The van der Waals surface area contributed by atoms with Crippen LogP contribution in [0.25, 0.3) is 10.8 Å². The molecule has 0 spiro atoms. The van der Waals surface area contributed by atoms with E-state index in [2.05, 4.69) is 15.3 Å². The predicted molar refractivity (Wildman–Crippen MR) is 78.7 cm³/mol. The smallest absolute Gasteiger partial charge is 0.149 e. The molecule has 5 heteroatoms. The molecule has 0 saturated heterocycles. The number of pyridine rings is 2. The van der Waals surface area contributed by atoms with Crippen LogP contribution in [0.3, 0.4) is 0 Å². The topological polar surface area (TPSA) is 63.8 Å². The van der Waals surface area contributed by atoms with Gasteiger partial charge in [0.25, 0.3) is 0 Å². The number of hydrogen-bond donors (Lipinski definition) is 2. The Balaban J connectivity index is 2.06. The Labute approximate surface area is 115 Å². The molecule has 0 bridgehead atoms. The molecule has 2 heterocycles. The summed E-state index contributed by atoms with van der Waals surface area (Å²) >= 11 is 6.11. The fraction of sp³-hybridized carbons (Fsp3) is 0. The second-order valence-corrected chi connectivity index (χ2v) is 4.53. The normalized spacial score (nSPS) is 10.6. The van der Waals surface area contributed by atoms with Crippen LogP contribution in [-0.2, 0) is 0 Å². The molecule has 0 atom stereocenters. The Morgan fingerprint density at radius 2 is 2.05 bits per heavy atom. The molecule has 0 radical (unpaired) electrons. The summed E-state index contributed by atoms with van der Waals surface area (Å²) in [5, 5.41) is 5.82. The third kappa shape index (κ3) is 2.30. The number of nitrogens with two attached hydrogens (primary N) is 1. The van der Waals surface area contributed by atoms with Gasteiger partial charge in [-0.05, 0) is 18.2 Å². The van der Waals surface area contributed by atoms with Crippen molar-refractivity contribution in [1.29, 1.82) is 0 Å². The molecule has 0 amide bonds. The van der Waals surface area contributed by atoms with Gasteiger partial charge in [0.1, 0.15) is 5.82 Å². The lowest BCUT2D eigenvalue weighted by Gasteiger charge is -2.10. The lowest BCUT2D eigenvalue weighted by atomic mass is 10.1. The molecule has 0 saturated carbocycles. The lowest BCUT2D eigenvalue weighted by molar-refractivity contribution is 1.31. The first-order valence-electron chi connectivity index (χ1n) is 5.75. The number of aromatic nitrogens is 2. The average Bonchev–Trinajstić information content (AvgIpc) is 2.42. The summed E-state index contributed by atoms with van der Waals surface area (Å²) in [6.07, 6.45) is 5.14. The van der Waals surface area contributed by atoms with Gasteiger partial charge in [0.05, 0.1) is 16.9 Å². The maximum absolute atomic E-state index is 6.11. The van der Waals surface area contributed by atoms with Crippen LogP contribution in [-0.4, -0.2) is 9.97 Å². The molecule has 3 rings (SSSR count). The fourth-order valence-corrected chi connectivity index (χ4v) is 2.13. The number of anilines is 3. The van der Waals surface area contributed by atoms with Gasteiger partial charge in [-0.15, -0.1) is 0 Å². The van der Waals surface area contributed by atoms with E-state index in [0.29, 0.717) is 16.5 Å². The van der Waals surface area contributed by atoms with Gasteiger partial charge in [-0.1, -0.05) is 23.7 Å². The first kappa shape index (κ1) is 11.7. The lowest BCUT2D eigenvalue weighted by Crippen LogP contribution is -1.97. The highest BCUT2D eigenvalue weighted by Crippen LogP contribution is 2.28.